The molecule has 0 bridgehead atoms. The van der Waals surface area contributed by atoms with Crippen molar-refractivity contribution in [2.24, 2.45) is 5.92 Å². The molecule has 0 unspecified atom stereocenters. The van der Waals surface area contributed by atoms with E-state index in [0.717, 1.165) is 32.8 Å². The van der Waals surface area contributed by atoms with Crippen LogP contribution >= 0.6 is 0 Å². The topological polar surface area (TPSA) is 86.8 Å². The van der Waals surface area contributed by atoms with Gasteiger partial charge in [-0.3, -0.25) is 13.9 Å². The van der Waals surface area contributed by atoms with Gasteiger partial charge in [0.2, 0.25) is 21.8 Å². The van der Waals surface area contributed by atoms with Crippen LogP contribution in [0.3, 0.4) is 0 Å². The summed E-state index contributed by atoms with van der Waals surface area (Å²) in [7, 11) is -3.75. The third-order valence-corrected chi connectivity index (χ3v) is 6.77. The Morgan fingerprint density at radius 3 is 2.09 bits per heavy atom. The summed E-state index contributed by atoms with van der Waals surface area (Å²) < 4.78 is 26.6. The molecule has 0 aromatic heterocycles. The summed E-state index contributed by atoms with van der Waals surface area (Å²) >= 11 is 0. The zero-order valence-electron chi connectivity index (χ0n) is 21.3. The molecule has 0 saturated carbocycles. The van der Waals surface area contributed by atoms with E-state index < -0.39 is 28.5 Å². The first kappa shape index (κ1) is 27.4. The number of para-hydroxylation sites is 1. The molecule has 0 saturated heterocycles. The summed E-state index contributed by atoms with van der Waals surface area (Å²) in [5.41, 5.74) is 3.91. The van der Waals surface area contributed by atoms with Gasteiger partial charge in [0.05, 0.1) is 11.9 Å². The average Bonchev–Trinajstić information content (AvgIpc) is 2.73. The van der Waals surface area contributed by atoms with E-state index in [4.69, 9.17) is 0 Å². The Hall–Kier alpha value is -2.87. The predicted octanol–water partition coefficient (Wildman–Crippen LogP) is 3.57. The fourth-order valence-electron chi connectivity index (χ4n) is 3.82. The maximum atomic E-state index is 13.6. The van der Waals surface area contributed by atoms with Gasteiger partial charge in [-0.2, -0.15) is 0 Å². The number of aryl methyl sites for hydroxylation is 3. The Kier molecular flexibility index (Phi) is 9.27. The summed E-state index contributed by atoms with van der Waals surface area (Å²) in [6, 6.07) is 12.4. The minimum atomic E-state index is -3.75. The summed E-state index contributed by atoms with van der Waals surface area (Å²) in [5.74, 6) is -0.448. The monoisotopic (exact) mass is 487 g/mol. The van der Waals surface area contributed by atoms with Crippen LogP contribution in [0.4, 0.5) is 5.69 Å². The lowest BCUT2D eigenvalue weighted by Gasteiger charge is -2.32. The van der Waals surface area contributed by atoms with E-state index in [1.54, 1.807) is 6.92 Å². The SMILES string of the molecule is Cc1cccc(CN(C(=O)CN(c2c(C)cccc2C)S(C)(=O)=O)[C@H](C)C(=O)NCC(C)C)c1. The van der Waals surface area contributed by atoms with Crippen molar-refractivity contribution in [3.8, 4) is 0 Å². The van der Waals surface area contributed by atoms with E-state index in [0.29, 0.717) is 12.2 Å². The zero-order chi connectivity index (χ0) is 25.6. The molecule has 34 heavy (non-hydrogen) atoms. The van der Waals surface area contributed by atoms with Crippen LogP contribution < -0.4 is 9.62 Å². The van der Waals surface area contributed by atoms with Crippen molar-refractivity contribution < 1.29 is 18.0 Å². The molecule has 186 valence electrons. The summed E-state index contributed by atoms with van der Waals surface area (Å²) in [6.07, 6.45) is 1.09. The van der Waals surface area contributed by atoms with E-state index in [1.807, 2.05) is 77.1 Å². The number of nitrogens with zero attached hydrogens (tertiary/aromatic N) is 2. The largest absolute Gasteiger partial charge is 0.354 e. The second-order valence-corrected chi connectivity index (χ2v) is 11.2. The standard InChI is InChI=1S/C26H37N3O4S/c1-18(2)15-27-26(31)22(6)28(16-23-13-8-10-19(3)14-23)24(30)17-29(34(7,32)33)25-20(4)11-9-12-21(25)5/h8-14,18,22H,15-17H2,1-7H3,(H,27,31)/t22-/m1/s1. The Balaban J connectivity index is 2.43. The molecule has 1 atom stereocenters. The van der Waals surface area contributed by atoms with Gasteiger partial charge in [0.1, 0.15) is 12.6 Å². The van der Waals surface area contributed by atoms with Crippen molar-refractivity contribution in [3.05, 3.63) is 64.7 Å². The molecule has 0 heterocycles. The molecule has 7 nitrogen and oxygen atoms in total. The first-order valence-corrected chi connectivity index (χ1v) is 13.3. The van der Waals surface area contributed by atoms with Crippen molar-refractivity contribution in [2.45, 2.75) is 54.1 Å². The first-order valence-electron chi connectivity index (χ1n) is 11.5. The number of hydrogen-bond donors (Lipinski definition) is 1. The Bertz CT molecular complexity index is 1110. The molecular formula is C26H37N3O4S. The normalized spacial score (nSPS) is 12.4. The summed E-state index contributed by atoms with van der Waals surface area (Å²) in [5, 5.41) is 2.88. The number of carbonyl (C=O) groups is 2. The Morgan fingerprint density at radius 1 is 0.971 bits per heavy atom. The molecule has 0 radical (unpaired) electrons. The van der Waals surface area contributed by atoms with Crippen LogP contribution in [0.2, 0.25) is 0 Å². The molecule has 0 fully saturated rings. The van der Waals surface area contributed by atoms with E-state index in [1.165, 1.54) is 4.90 Å². The van der Waals surface area contributed by atoms with E-state index in [9.17, 15) is 18.0 Å². The Labute approximate surface area is 204 Å². The fraction of sp³-hybridized carbons (Fsp3) is 0.462. The molecule has 0 aliphatic carbocycles. The highest BCUT2D eigenvalue weighted by Crippen LogP contribution is 2.27. The lowest BCUT2D eigenvalue weighted by Crippen LogP contribution is -2.51. The number of benzene rings is 2. The maximum Gasteiger partial charge on any atom is 0.244 e. The van der Waals surface area contributed by atoms with Gasteiger partial charge >= 0.3 is 0 Å². The molecule has 2 rings (SSSR count). The van der Waals surface area contributed by atoms with Gasteiger partial charge in [-0.1, -0.05) is 61.9 Å². The minimum Gasteiger partial charge on any atom is -0.354 e. The minimum absolute atomic E-state index is 0.196. The van der Waals surface area contributed by atoms with E-state index >= 15 is 0 Å². The van der Waals surface area contributed by atoms with Gasteiger partial charge in [0, 0.05) is 13.1 Å². The van der Waals surface area contributed by atoms with Gasteiger partial charge in [0.15, 0.2) is 0 Å². The van der Waals surface area contributed by atoms with Gasteiger partial charge in [-0.05, 0) is 50.3 Å². The fourth-order valence-corrected chi connectivity index (χ4v) is 4.78. The van der Waals surface area contributed by atoms with Crippen LogP contribution in [0.1, 0.15) is 43.0 Å². The highest BCUT2D eigenvalue weighted by molar-refractivity contribution is 7.92. The van der Waals surface area contributed by atoms with E-state index in [-0.39, 0.29) is 18.4 Å². The van der Waals surface area contributed by atoms with Gasteiger partial charge in [-0.25, -0.2) is 8.42 Å². The number of hydrogen-bond acceptors (Lipinski definition) is 4. The van der Waals surface area contributed by atoms with Crippen molar-refractivity contribution in [3.63, 3.8) is 0 Å². The second kappa shape index (κ2) is 11.5. The lowest BCUT2D eigenvalue weighted by molar-refractivity contribution is -0.139. The molecule has 2 aromatic rings. The number of nitrogens with one attached hydrogen (secondary N) is 1. The highest BCUT2D eigenvalue weighted by Gasteiger charge is 2.31. The van der Waals surface area contributed by atoms with Crippen molar-refractivity contribution in [2.75, 3.05) is 23.7 Å². The average molecular weight is 488 g/mol. The quantitative estimate of drug-likeness (QED) is 0.555. The van der Waals surface area contributed by atoms with Gasteiger partial charge in [-0.15, -0.1) is 0 Å². The first-order chi connectivity index (χ1) is 15.8. The van der Waals surface area contributed by atoms with Crippen LogP contribution in [0.5, 0.6) is 0 Å². The smallest absolute Gasteiger partial charge is 0.244 e. The Morgan fingerprint density at radius 2 is 1.56 bits per heavy atom. The molecule has 0 aliphatic rings. The summed E-state index contributed by atoms with van der Waals surface area (Å²) in [4.78, 5) is 27.9. The van der Waals surface area contributed by atoms with Crippen molar-refractivity contribution in [1.82, 2.24) is 10.2 Å². The molecule has 2 aromatic carbocycles. The lowest BCUT2D eigenvalue weighted by atomic mass is 10.1. The van der Waals surface area contributed by atoms with Crippen LogP contribution in [-0.4, -0.2) is 50.5 Å². The molecule has 0 aliphatic heterocycles. The highest BCUT2D eigenvalue weighted by atomic mass is 32.2. The molecule has 1 N–H and O–H groups in total. The summed E-state index contributed by atoms with van der Waals surface area (Å²) in [6.45, 7) is 11.6. The molecular weight excluding hydrogens is 450 g/mol. The number of amides is 2. The maximum absolute atomic E-state index is 13.6. The van der Waals surface area contributed by atoms with Crippen LogP contribution in [0.25, 0.3) is 0 Å². The van der Waals surface area contributed by atoms with Gasteiger partial charge < -0.3 is 10.2 Å². The third kappa shape index (κ3) is 7.32. The van der Waals surface area contributed by atoms with Gasteiger partial charge in [0.25, 0.3) is 0 Å². The van der Waals surface area contributed by atoms with Crippen LogP contribution in [0.15, 0.2) is 42.5 Å². The van der Waals surface area contributed by atoms with Crippen molar-refractivity contribution >= 4 is 27.5 Å². The molecule has 8 heteroatoms. The predicted molar refractivity (Wildman–Crippen MR) is 137 cm³/mol. The third-order valence-electron chi connectivity index (χ3n) is 5.66. The molecule has 2 amide bonds. The molecule has 0 spiro atoms. The number of anilines is 1. The number of carbonyl (C=O) groups excluding carboxylic acids is 2. The van der Waals surface area contributed by atoms with E-state index in [2.05, 4.69) is 5.32 Å². The number of rotatable bonds is 10. The van der Waals surface area contributed by atoms with Crippen molar-refractivity contribution in [1.29, 1.82) is 0 Å². The van der Waals surface area contributed by atoms with Crippen LogP contribution in [0, 0.1) is 26.7 Å². The number of sulfonamides is 1. The van der Waals surface area contributed by atoms with Crippen LogP contribution in [-0.2, 0) is 26.2 Å². The second-order valence-electron chi connectivity index (χ2n) is 9.34. The zero-order valence-corrected chi connectivity index (χ0v) is 22.1.